The highest BCUT2D eigenvalue weighted by Crippen LogP contribution is 2.21. The van der Waals surface area contributed by atoms with Crippen molar-refractivity contribution in [2.75, 3.05) is 5.32 Å². The zero-order valence-electron chi connectivity index (χ0n) is 11.5. The van der Waals surface area contributed by atoms with E-state index in [9.17, 15) is 24.1 Å². The van der Waals surface area contributed by atoms with E-state index in [0.29, 0.717) is 0 Å². The Labute approximate surface area is 128 Å². The Kier molecular flexibility index (Phi) is 4.66. The molecule has 2 aromatic rings. The van der Waals surface area contributed by atoms with Crippen molar-refractivity contribution in [1.82, 2.24) is 4.57 Å². The van der Waals surface area contributed by atoms with Crippen molar-refractivity contribution in [2.24, 2.45) is 0 Å². The fourth-order valence-electron chi connectivity index (χ4n) is 1.82. The summed E-state index contributed by atoms with van der Waals surface area (Å²) < 4.78 is 15.0. The van der Waals surface area contributed by atoms with Crippen LogP contribution in [0.15, 0.2) is 28.4 Å². The van der Waals surface area contributed by atoms with E-state index >= 15 is 0 Å². The number of hydrogen-bond acceptors (Lipinski definition) is 5. The van der Waals surface area contributed by atoms with Crippen molar-refractivity contribution >= 4 is 28.6 Å². The minimum absolute atomic E-state index is 0.0421. The van der Waals surface area contributed by atoms with E-state index in [4.69, 9.17) is 0 Å². The van der Waals surface area contributed by atoms with Gasteiger partial charge in [0.1, 0.15) is 5.82 Å². The van der Waals surface area contributed by atoms with Crippen LogP contribution in [0.25, 0.3) is 0 Å². The number of nitro groups is 1. The summed E-state index contributed by atoms with van der Waals surface area (Å²) in [6.45, 7) is 1.91. The summed E-state index contributed by atoms with van der Waals surface area (Å²) in [5.74, 6) is -1.29. The molecule has 0 saturated heterocycles. The third kappa shape index (κ3) is 3.55. The number of halogens is 1. The Bertz CT molecular complexity index is 784. The summed E-state index contributed by atoms with van der Waals surface area (Å²) in [5, 5.41) is 14.6. The molecule has 0 radical (unpaired) electrons. The van der Waals surface area contributed by atoms with E-state index in [1.54, 1.807) is 12.3 Å². The molecule has 0 atom stereocenters. The average molecular weight is 325 g/mol. The average Bonchev–Trinajstić information content (AvgIpc) is 2.78. The number of carbonyl (C=O) groups is 1. The molecule has 1 heterocycles. The van der Waals surface area contributed by atoms with Crippen LogP contribution in [-0.4, -0.2) is 15.4 Å². The van der Waals surface area contributed by atoms with Crippen LogP contribution in [0.2, 0.25) is 0 Å². The predicted octanol–water partition coefficient (Wildman–Crippen LogP) is 2.29. The van der Waals surface area contributed by atoms with Crippen LogP contribution in [0, 0.1) is 22.9 Å². The third-order valence-electron chi connectivity index (χ3n) is 2.97. The van der Waals surface area contributed by atoms with Crippen molar-refractivity contribution < 1.29 is 14.1 Å². The molecular weight excluding hydrogens is 313 g/mol. The number of anilines is 1. The molecule has 0 unspecified atom stereocenters. The van der Waals surface area contributed by atoms with Gasteiger partial charge >= 0.3 is 4.87 Å². The van der Waals surface area contributed by atoms with Crippen LogP contribution < -0.4 is 10.2 Å². The lowest BCUT2D eigenvalue weighted by molar-refractivity contribution is -0.384. The number of nitro benzene ring substituents is 1. The molecule has 1 aromatic carbocycles. The van der Waals surface area contributed by atoms with Gasteiger partial charge in [-0.05, 0) is 13.0 Å². The first-order valence-corrected chi connectivity index (χ1v) is 7.15. The van der Waals surface area contributed by atoms with Crippen molar-refractivity contribution in [3.05, 3.63) is 54.9 Å². The molecule has 0 saturated carbocycles. The number of thiazole rings is 1. The zero-order valence-corrected chi connectivity index (χ0v) is 12.4. The molecular formula is C13H12FN3O4S. The van der Waals surface area contributed by atoms with Gasteiger partial charge in [-0.15, -0.1) is 0 Å². The number of nitrogens with zero attached hydrogens (tertiary/aromatic N) is 2. The molecule has 0 spiro atoms. The fourth-order valence-corrected chi connectivity index (χ4v) is 2.58. The van der Waals surface area contributed by atoms with Gasteiger partial charge < -0.3 is 9.88 Å². The summed E-state index contributed by atoms with van der Waals surface area (Å²) >= 11 is 1.04. The lowest BCUT2D eigenvalue weighted by Gasteiger charge is -2.07. The molecule has 116 valence electrons. The lowest BCUT2D eigenvalue weighted by Crippen LogP contribution is -2.20. The monoisotopic (exact) mass is 325 g/mol. The van der Waals surface area contributed by atoms with Crippen LogP contribution in [0.4, 0.5) is 15.8 Å². The van der Waals surface area contributed by atoms with E-state index in [1.165, 1.54) is 4.57 Å². The maximum Gasteiger partial charge on any atom is 0.307 e. The van der Waals surface area contributed by atoms with E-state index in [0.717, 1.165) is 35.2 Å². The second-order valence-electron chi connectivity index (χ2n) is 4.51. The Hall–Kier alpha value is -2.55. The maximum atomic E-state index is 13.5. The van der Waals surface area contributed by atoms with Crippen LogP contribution in [0.3, 0.4) is 0 Å². The molecule has 1 aromatic heterocycles. The molecule has 0 aliphatic carbocycles. The highest BCUT2D eigenvalue weighted by atomic mass is 32.1. The highest BCUT2D eigenvalue weighted by molar-refractivity contribution is 7.07. The van der Waals surface area contributed by atoms with Crippen LogP contribution in [0.5, 0.6) is 0 Å². The number of aryl methyl sites for hydroxylation is 1. The second-order valence-corrected chi connectivity index (χ2v) is 5.33. The quantitative estimate of drug-likeness (QED) is 0.674. The number of aromatic nitrogens is 1. The lowest BCUT2D eigenvalue weighted by atomic mass is 10.2. The summed E-state index contributed by atoms with van der Waals surface area (Å²) in [7, 11) is 0. The van der Waals surface area contributed by atoms with Crippen molar-refractivity contribution in [1.29, 1.82) is 0 Å². The number of hydrogen-bond donors (Lipinski definition) is 1. The van der Waals surface area contributed by atoms with E-state index in [1.807, 2.05) is 0 Å². The molecule has 22 heavy (non-hydrogen) atoms. The minimum atomic E-state index is -0.761. The Morgan fingerprint density at radius 1 is 1.50 bits per heavy atom. The Morgan fingerprint density at radius 3 is 2.82 bits per heavy atom. The number of rotatable bonds is 5. The summed E-state index contributed by atoms with van der Waals surface area (Å²) in [5.41, 5.74) is 0.166. The summed E-state index contributed by atoms with van der Waals surface area (Å²) in [6.07, 6.45) is -0.0421. The van der Waals surface area contributed by atoms with Gasteiger partial charge in [0.25, 0.3) is 5.69 Å². The van der Waals surface area contributed by atoms with Gasteiger partial charge in [0, 0.05) is 36.2 Å². The molecule has 0 aliphatic rings. The molecule has 0 bridgehead atoms. The van der Waals surface area contributed by atoms with Gasteiger partial charge in [0.05, 0.1) is 10.6 Å². The van der Waals surface area contributed by atoms with Crippen LogP contribution in [0.1, 0.15) is 12.1 Å². The number of amides is 1. The number of benzene rings is 1. The predicted molar refractivity (Wildman–Crippen MR) is 79.6 cm³/mol. The highest BCUT2D eigenvalue weighted by Gasteiger charge is 2.13. The van der Waals surface area contributed by atoms with E-state index in [-0.39, 0.29) is 29.2 Å². The first kappa shape index (κ1) is 15.8. The normalized spacial score (nSPS) is 10.5. The van der Waals surface area contributed by atoms with Crippen LogP contribution in [-0.2, 0) is 11.3 Å². The van der Waals surface area contributed by atoms with E-state index < -0.39 is 16.6 Å². The van der Waals surface area contributed by atoms with Gasteiger partial charge in [-0.2, -0.15) is 0 Å². The maximum absolute atomic E-state index is 13.5. The molecule has 0 fully saturated rings. The topological polar surface area (TPSA) is 94.2 Å². The first-order valence-electron chi connectivity index (χ1n) is 6.27. The largest absolute Gasteiger partial charge is 0.323 e. The zero-order chi connectivity index (χ0) is 16.3. The number of carbonyl (C=O) groups excluding carboxylic acids is 1. The SMILES string of the molecule is Cc1csc(=O)n1CCC(=O)Nc1cc([N+](=O)[O-])ccc1F. The molecule has 0 aliphatic heterocycles. The molecule has 2 rings (SSSR count). The van der Waals surface area contributed by atoms with Gasteiger partial charge in [-0.1, -0.05) is 11.3 Å². The Morgan fingerprint density at radius 2 is 2.23 bits per heavy atom. The standard InChI is InChI=1S/C13H12FN3O4S/c1-8-7-22-13(19)16(8)5-4-12(18)15-11-6-9(17(20)21)2-3-10(11)14/h2-3,6-7H,4-5H2,1H3,(H,15,18). The van der Waals surface area contributed by atoms with Crippen molar-refractivity contribution in [3.8, 4) is 0 Å². The third-order valence-corrected chi connectivity index (χ3v) is 3.85. The second kappa shape index (κ2) is 6.48. The number of non-ortho nitro benzene ring substituents is 1. The summed E-state index contributed by atoms with van der Waals surface area (Å²) in [4.78, 5) is 33.1. The molecule has 9 heteroatoms. The van der Waals surface area contributed by atoms with Gasteiger partial charge in [-0.3, -0.25) is 19.7 Å². The van der Waals surface area contributed by atoms with Crippen LogP contribution >= 0.6 is 11.3 Å². The first-order chi connectivity index (χ1) is 10.4. The van der Waals surface area contributed by atoms with Gasteiger partial charge in [0.2, 0.25) is 5.91 Å². The Balaban J connectivity index is 2.05. The van der Waals surface area contributed by atoms with E-state index in [2.05, 4.69) is 5.32 Å². The van der Waals surface area contributed by atoms with Gasteiger partial charge in [0.15, 0.2) is 0 Å². The minimum Gasteiger partial charge on any atom is -0.323 e. The fraction of sp³-hybridized carbons (Fsp3) is 0.231. The smallest absolute Gasteiger partial charge is 0.307 e. The number of nitrogens with one attached hydrogen (secondary N) is 1. The molecule has 1 N–H and O–H groups in total. The molecule has 7 nitrogen and oxygen atoms in total. The van der Waals surface area contributed by atoms with Gasteiger partial charge in [-0.25, -0.2) is 4.39 Å². The summed E-state index contributed by atoms with van der Waals surface area (Å²) in [6, 6.07) is 2.88. The molecule has 1 amide bonds. The van der Waals surface area contributed by atoms with Crippen molar-refractivity contribution in [3.63, 3.8) is 0 Å². The van der Waals surface area contributed by atoms with Crippen molar-refractivity contribution in [2.45, 2.75) is 19.9 Å².